The second kappa shape index (κ2) is 9.92. The van der Waals surface area contributed by atoms with Crippen LogP contribution in [0.1, 0.15) is 28.4 Å². The first-order chi connectivity index (χ1) is 15.7. The summed E-state index contributed by atoms with van der Waals surface area (Å²) in [6.45, 7) is 2.58. The smallest absolute Gasteiger partial charge is 0.255 e. The van der Waals surface area contributed by atoms with Crippen LogP contribution in [0.4, 0.5) is 0 Å². The van der Waals surface area contributed by atoms with E-state index in [1.54, 1.807) is 30.4 Å². The Morgan fingerprint density at radius 2 is 1.84 bits per heavy atom. The van der Waals surface area contributed by atoms with E-state index in [0.29, 0.717) is 18.5 Å². The molecule has 4 rings (SSSR count). The average molecular weight is 427 g/mol. The van der Waals surface area contributed by atoms with Gasteiger partial charge in [0.15, 0.2) is 0 Å². The molecule has 0 aliphatic heterocycles. The number of amides is 1. The number of carbonyl (C=O) groups is 1. The van der Waals surface area contributed by atoms with Crippen molar-refractivity contribution in [2.24, 2.45) is 0 Å². The normalized spacial score (nSPS) is 11.7. The molecule has 2 heterocycles. The Labute approximate surface area is 188 Å². The van der Waals surface area contributed by atoms with E-state index in [1.165, 1.54) is 0 Å². The molecule has 4 aromatic rings. The molecule has 0 aliphatic rings. The molecule has 0 spiro atoms. The van der Waals surface area contributed by atoms with Crippen LogP contribution in [0.25, 0.3) is 5.82 Å². The van der Waals surface area contributed by atoms with Crippen molar-refractivity contribution in [1.82, 2.24) is 19.4 Å². The van der Waals surface area contributed by atoms with Gasteiger partial charge in [0.25, 0.3) is 5.91 Å². The van der Waals surface area contributed by atoms with Gasteiger partial charge in [-0.1, -0.05) is 48.5 Å². The minimum absolute atomic E-state index is 0.0488. The summed E-state index contributed by atoms with van der Waals surface area (Å²) in [7, 11) is 1.67. The number of methoxy groups -OCH3 is 1. The van der Waals surface area contributed by atoms with Crippen LogP contribution < -0.4 is 4.74 Å². The van der Waals surface area contributed by atoms with Gasteiger partial charge in [-0.05, 0) is 42.7 Å². The van der Waals surface area contributed by atoms with E-state index in [9.17, 15) is 4.79 Å². The maximum absolute atomic E-state index is 13.6. The highest BCUT2D eigenvalue weighted by atomic mass is 16.5. The number of nitrogens with zero attached hydrogens (tertiary/aromatic N) is 4. The number of hydrogen-bond acceptors (Lipinski definition) is 4. The minimum atomic E-state index is -0.0547. The number of rotatable bonds is 8. The van der Waals surface area contributed by atoms with Crippen molar-refractivity contribution in [3.63, 3.8) is 0 Å². The lowest BCUT2D eigenvalue weighted by Crippen LogP contribution is -2.39. The number of benzene rings is 2. The Morgan fingerprint density at radius 1 is 1.06 bits per heavy atom. The quantitative estimate of drug-likeness (QED) is 0.415. The zero-order chi connectivity index (χ0) is 22.3. The molecule has 32 heavy (non-hydrogen) atoms. The fourth-order valence-corrected chi connectivity index (χ4v) is 3.73. The van der Waals surface area contributed by atoms with Crippen LogP contribution in [0.5, 0.6) is 5.75 Å². The van der Waals surface area contributed by atoms with Crippen LogP contribution in [0, 0.1) is 0 Å². The zero-order valence-electron chi connectivity index (χ0n) is 18.3. The third-order valence-corrected chi connectivity index (χ3v) is 5.46. The standard InChI is InChI=1S/C26H26N4O2/c1-20(16-22-10-6-7-11-24(22)32-2)30(18-21-8-4-3-5-9-21)26(31)23-12-13-25(28-17-23)29-15-14-27-19-29/h3-15,17,19-20H,16,18H2,1-2H3. The van der Waals surface area contributed by atoms with E-state index >= 15 is 0 Å². The van der Waals surface area contributed by atoms with Crippen molar-refractivity contribution in [2.45, 2.75) is 25.9 Å². The van der Waals surface area contributed by atoms with E-state index < -0.39 is 0 Å². The molecule has 0 N–H and O–H groups in total. The Morgan fingerprint density at radius 3 is 2.53 bits per heavy atom. The van der Waals surface area contributed by atoms with Crippen LogP contribution in [-0.2, 0) is 13.0 Å². The van der Waals surface area contributed by atoms with E-state index in [2.05, 4.69) is 16.9 Å². The first kappa shape index (κ1) is 21.3. The lowest BCUT2D eigenvalue weighted by atomic mass is 10.0. The van der Waals surface area contributed by atoms with Crippen LogP contribution in [0.15, 0.2) is 91.6 Å². The third-order valence-electron chi connectivity index (χ3n) is 5.46. The Hall–Kier alpha value is -3.93. The number of aromatic nitrogens is 3. The lowest BCUT2D eigenvalue weighted by molar-refractivity contribution is 0.0674. The molecule has 0 bridgehead atoms. The molecule has 0 radical (unpaired) electrons. The number of hydrogen-bond donors (Lipinski definition) is 0. The molecule has 6 nitrogen and oxygen atoms in total. The first-order valence-corrected chi connectivity index (χ1v) is 10.6. The summed E-state index contributed by atoms with van der Waals surface area (Å²) in [6.07, 6.45) is 7.51. The van der Waals surface area contributed by atoms with E-state index in [-0.39, 0.29) is 11.9 Å². The predicted octanol–water partition coefficient (Wildman–Crippen LogP) is 4.55. The van der Waals surface area contributed by atoms with Crippen molar-refractivity contribution < 1.29 is 9.53 Å². The highest BCUT2D eigenvalue weighted by Gasteiger charge is 2.23. The molecule has 162 valence electrons. The molecule has 0 saturated heterocycles. The van der Waals surface area contributed by atoms with Gasteiger partial charge >= 0.3 is 0 Å². The maximum atomic E-state index is 13.6. The average Bonchev–Trinajstić information content (AvgIpc) is 3.38. The van der Waals surface area contributed by atoms with Gasteiger partial charge in [0, 0.05) is 31.2 Å². The third kappa shape index (κ3) is 4.86. The van der Waals surface area contributed by atoms with Crippen LogP contribution in [0.2, 0.25) is 0 Å². The Kier molecular flexibility index (Phi) is 6.60. The lowest BCUT2D eigenvalue weighted by Gasteiger charge is -2.30. The zero-order valence-corrected chi connectivity index (χ0v) is 18.3. The summed E-state index contributed by atoms with van der Waals surface area (Å²) in [5.41, 5.74) is 2.70. The summed E-state index contributed by atoms with van der Waals surface area (Å²) in [5.74, 6) is 1.49. The maximum Gasteiger partial charge on any atom is 0.255 e. The molecular formula is C26H26N4O2. The van der Waals surface area contributed by atoms with E-state index in [0.717, 1.165) is 22.7 Å². The van der Waals surface area contributed by atoms with Gasteiger partial charge in [-0.2, -0.15) is 0 Å². The molecule has 2 aromatic heterocycles. The van der Waals surface area contributed by atoms with E-state index in [4.69, 9.17) is 4.74 Å². The topological polar surface area (TPSA) is 60.2 Å². The molecular weight excluding hydrogens is 400 g/mol. The van der Waals surface area contributed by atoms with Crippen molar-refractivity contribution in [3.05, 3.63) is 108 Å². The predicted molar refractivity (Wildman–Crippen MR) is 124 cm³/mol. The molecule has 0 fully saturated rings. The Bertz CT molecular complexity index is 1140. The number of imidazole rings is 1. The van der Waals surface area contributed by atoms with Gasteiger partial charge in [-0.25, -0.2) is 9.97 Å². The molecule has 1 amide bonds. The van der Waals surface area contributed by atoms with Crippen LogP contribution in [0.3, 0.4) is 0 Å². The molecule has 2 aromatic carbocycles. The van der Waals surface area contributed by atoms with Gasteiger partial charge in [0.05, 0.1) is 12.7 Å². The van der Waals surface area contributed by atoms with Gasteiger partial charge in [0.2, 0.25) is 0 Å². The fourth-order valence-electron chi connectivity index (χ4n) is 3.73. The monoisotopic (exact) mass is 426 g/mol. The van der Waals surface area contributed by atoms with Crippen molar-refractivity contribution in [2.75, 3.05) is 7.11 Å². The number of carbonyl (C=O) groups excluding carboxylic acids is 1. The van der Waals surface area contributed by atoms with Gasteiger partial charge < -0.3 is 9.64 Å². The molecule has 0 aliphatic carbocycles. The number of para-hydroxylation sites is 1. The SMILES string of the molecule is COc1ccccc1CC(C)N(Cc1ccccc1)C(=O)c1ccc(-n2ccnc2)nc1. The molecule has 0 saturated carbocycles. The highest BCUT2D eigenvalue weighted by molar-refractivity contribution is 5.94. The summed E-state index contributed by atoms with van der Waals surface area (Å²) in [4.78, 5) is 24.0. The number of pyridine rings is 1. The molecule has 6 heteroatoms. The van der Waals surface area contributed by atoms with Gasteiger partial charge in [0.1, 0.15) is 17.9 Å². The first-order valence-electron chi connectivity index (χ1n) is 10.6. The van der Waals surface area contributed by atoms with Gasteiger partial charge in [-0.3, -0.25) is 9.36 Å². The minimum Gasteiger partial charge on any atom is -0.496 e. The van der Waals surface area contributed by atoms with Crippen molar-refractivity contribution in [1.29, 1.82) is 0 Å². The summed E-state index contributed by atoms with van der Waals surface area (Å²) < 4.78 is 7.32. The summed E-state index contributed by atoms with van der Waals surface area (Å²) >= 11 is 0. The van der Waals surface area contributed by atoms with Crippen LogP contribution in [-0.4, -0.2) is 38.5 Å². The van der Waals surface area contributed by atoms with Crippen LogP contribution >= 0.6 is 0 Å². The van der Waals surface area contributed by atoms with Crippen molar-refractivity contribution in [3.8, 4) is 11.6 Å². The summed E-state index contributed by atoms with van der Waals surface area (Å²) in [6, 6.07) is 21.6. The highest BCUT2D eigenvalue weighted by Crippen LogP contribution is 2.23. The second-order valence-electron chi connectivity index (χ2n) is 7.66. The molecule has 1 atom stereocenters. The largest absolute Gasteiger partial charge is 0.496 e. The van der Waals surface area contributed by atoms with Crippen molar-refractivity contribution >= 4 is 5.91 Å². The second-order valence-corrected chi connectivity index (χ2v) is 7.66. The fraction of sp³-hybridized carbons (Fsp3) is 0.192. The molecule has 1 unspecified atom stereocenters. The van der Waals surface area contributed by atoms with Gasteiger partial charge in [-0.15, -0.1) is 0 Å². The summed E-state index contributed by atoms with van der Waals surface area (Å²) in [5, 5.41) is 0. The van der Waals surface area contributed by atoms with E-state index in [1.807, 2.05) is 77.8 Å². The Balaban J connectivity index is 1.60. The number of ether oxygens (including phenoxy) is 1.